The average molecular weight is 420 g/mol. The maximum absolute atomic E-state index is 13.6. The van der Waals surface area contributed by atoms with Crippen LogP contribution in [0.1, 0.15) is 28.8 Å². The molecule has 3 heterocycles. The van der Waals surface area contributed by atoms with Crippen molar-refractivity contribution in [1.82, 2.24) is 0 Å². The number of non-ortho nitro benzene ring substituents is 1. The molecule has 2 aromatic rings. The van der Waals surface area contributed by atoms with Gasteiger partial charge in [-0.25, -0.2) is 4.90 Å². The summed E-state index contributed by atoms with van der Waals surface area (Å²) in [5.74, 6) is -2.18. The van der Waals surface area contributed by atoms with E-state index in [0.717, 1.165) is 29.2 Å². The fourth-order valence-corrected chi connectivity index (χ4v) is 5.71. The molecule has 158 valence electrons. The third-order valence-electron chi connectivity index (χ3n) is 7.03. The summed E-state index contributed by atoms with van der Waals surface area (Å²) < 4.78 is 0. The predicted octanol–water partition coefficient (Wildman–Crippen LogP) is 1.32. The van der Waals surface area contributed by atoms with Crippen LogP contribution in [0.5, 0.6) is 0 Å². The highest BCUT2D eigenvalue weighted by Crippen LogP contribution is 2.41. The van der Waals surface area contributed by atoms with E-state index in [9.17, 15) is 24.5 Å². The van der Waals surface area contributed by atoms with Crippen molar-refractivity contribution in [3.63, 3.8) is 0 Å². The minimum absolute atomic E-state index is 0.0804. The minimum atomic E-state index is -0.737. The van der Waals surface area contributed by atoms with E-state index in [0.29, 0.717) is 11.1 Å². The summed E-state index contributed by atoms with van der Waals surface area (Å²) in [7, 11) is 0. The van der Waals surface area contributed by atoms with Gasteiger partial charge in [0, 0.05) is 30.5 Å². The van der Waals surface area contributed by atoms with Gasteiger partial charge in [-0.2, -0.15) is 0 Å². The van der Waals surface area contributed by atoms with Gasteiger partial charge in [-0.1, -0.05) is 36.4 Å². The van der Waals surface area contributed by atoms with Crippen LogP contribution in [0.3, 0.4) is 0 Å². The molecule has 8 heteroatoms. The Balaban J connectivity index is 1.58. The predicted molar refractivity (Wildman–Crippen MR) is 111 cm³/mol. The van der Waals surface area contributed by atoms with Gasteiger partial charge in [-0.05, 0) is 12.5 Å². The first-order valence-corrected chi connectivity index (χ1v) is 10.5. The lowest BCUT2D eigenvalue weighted by atomic mass is 9.85. The summed E-state index contributed by atoms with van der Waals surface area (Å²) in [5, 5.41) is 11.3. The summed E-state index contributed by atoms with van der Waals surface area (Å²) in [4.78, 5) is 53.4. The number of rotatable bonds is 4. The maximum atomic E-state index is 13.6. The smallest absolute Gasteiger partial charge is 0.271 e. The van der Waals surface area contributed by atoms with E-state index < -0.39 is 28.7 Å². The van der Waals surface area contributed by atoms with Crippen molar-refractivity contribution in [3.8, 4) is 0 Å². The van der Waals surface area contributed by atoms with Crippen LogP contribution >= 0.6 is 0 Å². The van der Waals surface area contributed by atoms with Gasteiger partial charge in [0.15, 0.2) is 6.04 Å². The van der Waals surface area contributed by atoms with Crippen molar-refractivity contribution in [2.24, 2.45) is 11.8 Å². The monoisotopic (exact) mass is 420 g/mol. The molecule has 2 aromatic carbocycles. The van der Waals surface area contributed by atoms with E-state index in [1.165, 1.54) is 12.1 Å². The van der Waals surface area contributed by atoms with Crippen LogP contribution in [-0.2, 0) is 9.59 Å². The second-order valence-corrected chi connectivity index (χ2v) is 8.57. The first kappa shape index (κ1) is 19.6. The van der Waals surface area contributed by atoms with E-state index in [4.69, 9.17) is 0 Å². The lowest BCUT2D eigenvalue weighted by molar-refractivity contribution is -0.915. The van der Waals surface area contributed by atoms with E-state index in [1.807, 2.05) is 6.07 Å². The normalized spacial score (nSPS) is 29.2. The summed E-state index contributed by atoms with van der Waals surface area (Å²) in [6, 6.07) is 12.4. The van der Waals surface area contributed by atoms with Crippen LogP contribution in [0.4, 0.5) is 11.4 Å². The van der Waals surface area contributed by atoms with Gasteiger partial charge in [0.2, 0.25) is 17.6 Å². The molecule has 3 saturated heterocycles. The first-order chi connectivity index (χ1) is 14.9. The lowest BCUT2D eigenvalue weighted by Gasteiger charge is -2.25. The summed E-state index contributed by atoms with van der Waals surface area (Å²) in [5.41, 5.74) is 1.21. The van der Waals surface area contributed by atoms with Gasteiger partial charge in [-0.3, -0.25) is 24.5 Å². The number of nitrogens with zero attached hydrogens (tertiary/aromatic N) is 2. The van der Waals surface area contributed by atoms with Crippen molar-refractivity contribution >= 4 is 29.0 Å². The third kappa shape index (κ3) is 2.82. The zero-order valence-corrected chi connectivity index (χ0v) is 17.0. The molecule has 0 bridgehead atoms. The number of anilines is 1. The average Bonchev–Trinajstić information content (AvgIpc) is 3.41. The number of benzene rings is 2. The van der Waals surface area contributed by atoms with Gasteiger partial charge < -0.3 is 4.90 Å². The zero-order chi connectivity index (χ0) is 21.9. The Bertz CT molecular complexity index is 1120. The fourth-order valence-electron chi connectivity index (χ4n) is 5.71. The quantitative estimate of drug-likeness (QED) is 0.348. The highest BCUT2D eigenvalue weighted by Gasteiger charge is 2.68. The number of nitro groups is 1. The maximum Gasteiger partial charge on any atom is 0.271 e. The third-order valence-corrected chi connectivity index (χ3v) is 7.03. The molecule has 3 aliphatic rings. The number of fused-ring (bicyclic) bond motifs is 3. The number of aryl methyl sites for hydroxylation is 1. The summed E-state index contributed by atoms with van der Waals surface area (Å²) in [6.07, 6.45) is 1.69. The van der Waals surface area contributed by atoms with E-state index in [1.54, 1.807) is 37.3 Å². The number of amides is 2. The fraction of sp³-hybridized carbons (Fsp3) is 0.348. The SMILES string of the molecule is Cc1ccc([N+](=O)[O-])cc1N1C(=O)[C@@H]2[C@@H](C1=O)[C@@H](C(=O)c1ccccc1)[NH+]1CCC[C@H]21. The van der Waals surface area contributed by atoms with Crippen LogP contribution < -0.4 is 9.80 Å². The Labute approximate surface area is 178 Å². The van der Waals surface area contributed by atoms with Gasteiger partial charge in [0.1, 0.15) is 17.9 Å². The Morgan fingerprint density at radius 3 is 2.52 bits per heavy atom. The molecular weight excluding hydrogens is 398 g/mol. The van der Waals surface area contributed by atoms with Crippen molar-refractivity contribution in [1.29, 1.82) is 0 Å². The van der Waals surface area contributed by atoms with Crippen LogP contribution in [0.15, 0.2) is 48.5 Å². The van der Waals surface area contributed by atoms with Crippen molar-refractivity contribution < 1.29 is 24.2 Å². The molecule has 31 heavy (non-hydrogen) atoms. The Morgan fingerprint density at radius 2 is 1.81 bits per heavy atom. The number of Topliss-reactive ketones (excluding diaryl/α,β-unsaturated/α-hetero) is 1. The van der Waals surface area contributed by atoms with E-state index >= 15 is 0 Å². The number of carbonyl (C=O) groups excluding carboxylic acids is 3. The summed E-state index contributed by atoms with van der Waals surface area (Å²) in [6.45, 7) is 2.48. The molecule has 8 nitrogen and oxygen atoms in total. The number of quaternary nitrogens is 1. The molecule has 5 atom stereocenters. The molecule has 5 rings (SSSR count). The number of hydrogen-bond donors (Lipinski definition) is 1. The molecule has 0 radical (unpaired) electrons. The second-order valence-electron chi connectivity index (χ2n) is 8.57. The standard InChI is InChI=1S/C23H21N3O5/c1-13-9-10-15(26(30)31)12-17(13)25-22(28)18-16-8-5-11-24(16)20(19(18)23(25)29)21(27)14-6-3-2-4-7-14/h2-4,6-7,9-10,12,16,18-20H,5,8,11H2,1H3/p+1/t16-,18+,19-,20+/m1/s1. The van der Waals surface area contributed by atoms with Crippen LogP contribution in [-0.4, -0.2) is 41.1 Å². The Kier molecular flexibility index (Phi) is 4.48. The van der Waals surface area contributed by atoms with Crippen molar-refractivity contribution in [3.05, 3.63) is 69.8 Å². The van der Waals surface area contributed by atoms with Crippen LogP contribution in [0.25, 0.3) is 0 Å². The largest absolute Gasteiger partial charge is 0.322 e. The number of carbonyl (C=O) groups is 3. The molecule has 3 fully saturated rings. The van der Waals surface area contributed by atoms with Gasteiger partial charge in [0.25, 0.3) is 5.69 Å². The first-order valence-electron chi connectivity index (χ1n) is 10.5. The van der Waals surface area contributed by atoms with Gasteiger partial charge in [0.05, 0.1) is 17.2 Å². The van der Waals surface area contributed by atoms with Gasteiger partial charge in [-0.15, -0.1) is 0 Å². The van der Waals surface area contributed by atoms with Crippen molar-refractivity contribution in [2.75, 3.05) is 11.4 Å². The molecule has 2 amide bonds. The second kappa shape index (κ2) is 7.09. The zero-order valence-electron chi connectivity index (χ0n) is 17.0. The molecule has 0 saturated carbocycles. The highest BCUT2D eigenvalue weighted by atomic mass is 16.6. The number of hydrogen-bond acceptors (Lipinski definition) is 5. The molecule has 1 N–H and O–H groups in total. The number of ketones is 1. The topological polar surface area (TPSA) is 102 Å². The highest BCUT2D eigenvalue weighted by molar-refractivity contribution is 6.24. The Morgan fingerprint density at radius 1 is 1.10 bits per heavy atom. The molecule has 0 spiro atoms. The van der Waals surface area contributed by atoms with E-state index in [-0.39, 0.29) is 29.1 Å². The number of nitrogens with one attached hydrogen (secondary N) is 1. The van der Waals surface area contributed by atoms with Crippen LogP contribution in [0.2, 0.25) is 0 Å². The Hall–Kier alpha value is -3.39. The molecule has 0 aliphatic carbocycles. The summed E-state index contributed by atoms with van der Waals surface area (Å²) >= 11 is 0. The van der Waals surface area contributed by atoms with Crippen molar-refractivity contribution in [2.45, 2.75) is 31.8 Å². The molecule has 1 unspecified atom stereocenters. The molecule has 3 aliphatic heterocycles. The minimum Gasteiger partial charge on any atom is -0.322 e. The van der Waals surface area contributed by atoms with Crippen LogP contribution in [0, 0.1) is 28.9 Å². The molecular formula is C23H22N3O5+. The lowest BCUT2D eigenvalue weighted by Crippen LogP contribution is -3.16. The molecule has 0 aromatic heterocycles. The van der Waals surface area contributed by atoms with Gasteiger partial charge >= 0.3 is 0 Å². The number of imide groups is 1. The van der Waals surface area contributed by atoms with E-state index in [2.05, 4.69) is 0 Å². The number of nitro benzene ring substituents is 1.